The molecule has 1 aliphatic carbocycles. The molecule has 3 atom stereocenters. The first-order valence-corrected chi connectivity index (χ1v) is 10.2. The third-order valence-electron chi connectivity index (χ3n) is 5.36. The summed E-state index contributed by atoms with van der Waals surface area (Å²) in [5, 5.41) is 18.7. The number of unbranched alkanes of at least 4 members (excludes halogenated alkanes) is 3. The number of aliphatic carboxylic acids is 1. The van der Waals surface area contributed by atoms with Gasteiger partial charge < -0.3 is 10.2 Å². The van der Waals surface area contributed by atoms with Gasteiger partial charge in [-0.1, -0.05) is 25.5 Å². The van der Waals surface area contributed by atoms with Gasteiger partial charge in [-0.05, 0) is 44.4 Å². The Morgan fingerprint density at radius 2 is 1.89 bits per heavy atom. The number of rotatable bonds is 14. The summed E-state index contributed by atoms with van der Waals surface area (Å²) in [7, 11) is 0. The monoisotopic (exact) mass is 402 g/mol. The van der Waals surface area contributed by atoms with Crippen molar-refractivity contribution in [2.75, 3.05) is 0 Å². The Bertz CT molecular complexity index is 559. The quantitative estimate of drug-likeness (QED) is 0.333. The number of ketones is 2. The molecule has 0 amide bonds. The number of aliphatic hydroxyl groups excluding tert-OH is 1. The van der Waals surface area contributed by atoms with Crippen molar-refractivity contribution < 1.29 is 33.4 Å². The van der Waals surface area contributed by atoms with E-state index in [0.717, 1.165) is 6.42 Å². The first-order chi connectivity index (χ1) is 13.2. The Hall–Kier alpha value is -1.63. The van der Waals surface area contributed by atoms with E-state index in [2.05, 4.69) is 0 Å². The van der Waals surface area contributed by atoms with Gasteiger partial charge in [0.2, 0.25) is 5.78 Å². The number of hydrogen-bond acceptors (Lipinski definition) is 4. The summed E-state index contributed by atoms with van der Waals surface area (Å²) in [5.74, 6) is -6.31. The van der Waals surface area contributed by atoms with E-state index in [1.165, 1.54) is 0 Å². The molecule has 0 aliphatic heterocycles. The fraction of sp³-hybridized carbons (Fsp3) is 0.762. The summed E-state index contributed by atoms with van der Waals surface area (Å²) in [5.41, 5.74) is 0. The van der Waals surface area contributed by atoms with Crippen molar-refractivity contribution in [3.63, 3.8) is 0 Å². The van der Waals surface area contributed by atoms with Crippen molar-refractivity contribution >= 4 is 17.5 Å². The van der Waals surface area contributed by atoms with Gasteiger partial charge >= 0.3 is 11.9 Å². The van der Waals surface area contributed by atoms with Crippen molar-refractivity contribution in [2.45, 2.75) is 89.6 Å². The smallest absolute Gasteiger partial charge is 0.305 e. The standard InChI is InChI=1S/C21H32F2O5/c1-2-3-13-21(22,23)19(26)12-11-16-15(17(24)14-18(16)25)9-7-5-4-6-8-10-20(27)28/h5,7,15-16,18,25H,2-4,6,8-14H2,1H3,(H,27,28)/b7-5-/t15?,16-,18-/m1/s1. The highest BCUT2D eigenvalue weighted by atomic mass is 19.3. The molecule has 28 heavy (non-hydrogen) atoms. The van der Waals surface area contributed by atoms with Gasteiger partial charge in [0, 0.05) is 31.6 Å². The minimum Gasteiger partial charge on any atom is -0.481 e. The normalized spacial score (nSPS) is 22.9. The first kappa shape index (κ1) is 24.4. The lowest BCUT2D eigenvalue weighted by atomic mass is 9.86. The van der Waals surface area contributed by atoms with Crippen molar-refractivity contribution in [3.8, 4) is 0 Å². The summed E-state index contributed by atoms with van der Waals surface area (Å²) < 4.78 is 27.6. The highest BCUT2D eigenvalue weighted by Crippen LogP contribution is 2.36. The topological polar surface area (TPSA) is 91.7 Å². The van der Waals surface area contributed by atoms with Crippen LogP contribution in [0.5, 0.6) is 0 Å². The van der Waals surface area contributed by atoms with Crippen molar-refractivity contribution in [2.24, 2.45) is 11.8 Å². The van der Waals surface area contributed by atoms with Crippen molar-refractivity contribution in [1.29, 1.82) is 0 Å². The van der Waals surface area contributed by atoms with E-state index >= 15 is 0 Å². The van der Waals surface area contributed by atoms with Crippen LogP contribution >= 0.6 is 0 Å². The average molecular weight is 402 g/mol. The maximum atomic E-state index is 13.8. The van der Waals surface area contributed by atoms with Gasteiger partial charge in [-0.2, -0.15) is 8.78 Å². The zero-order chi connectivity index (χ0) is 21.2. The lowest BCUT2D eigenvalue weighted by molar-refractivity contribution is -0.144. The minimum absolute atomic E-state index is 0.00219. The van der Waals surface area contributed by atoms with E-state index in [1.54, 1.807) is 6.92 Å². The molecule has 1 rings (SSSR count). The fourth-order valence-corrected chi connectivity index (χ4v) is 3.63. The number of halogens is 2. The highest BCUT2D eigenvalue weighted by Gasteiger charge is 2.43. The van der Waals surface area contributed by atoms with Gasteiger partial charge in [-0.15, -0.1) is 0 Å². The summed E-state index contributed by atoms with van der Waals surface area (Å²) >= 11 is 0. The molecule has 0 aromatic carbocycles. The summed E-state index contributed by atoms with van der Waals surface area (Å²) in [6.45, 7) is 1.78. The SMILES string of the molecule is CCCCC(F)(F)C(=O)CC[C@@H]1C(C/C=C\CCCCC(=O)O)C(=O)C[C@H]1O. The van der Waals surface area contributed by atoms with Gasteiger partial charge in [-0.25, -0.2) is 0 Å². The first-order valence-electron chi connectivity index (χ1n) is 10.2. The molecule has 1 aliphatic rings. The highest BCUT2D eigenvalue weighted by molar-refractivity contribution is 5.86. The van der Waals surface area contributed by atoms with E-state index in [0.29, 0.717) is 25.7 Å². The Kier molecular flexibility index (Phi) is 10.5. The number of alkyl halides is 2. The molecule has 0 heterocycles. The fourth-order valence-electron chi connectivity index (χ4n) is 3.63. The molecular formula is C21H32F2O5. The van der Waals surface area contributed by atoms with Crippen molar-refractivity contribution in [3.05, 3.63) is 12.2 Å². The summed E-state index contributed by atoms with van der Waals surface area (Å²) in [6, 6.07) is 0. The van der Waals surface area contributed by atoms with Gasteiger partial charge in [0.15, 0.2) is 0 Å². The van der Waals surface area contributed by atoms with Gasteiger partial charge in [0.05, 0.1) is 6.10 Å². The van der Waals surface area contributed by atoms with Crippen LogP contribution in [0.4, 0.5) is 8.78 Å². The molecule has 0 aromatic rings. The van der Waals surface area contributed by atoms with Gasteiger partial charge in [0.1, 0.15) is 5.78 Å². The molecule has 0 aromatic heterocycles. The van der Waals surface area contributed by atoms with Crippen LogP contribution in [0.15, 0.2) is 12.2 Å². The van der Waals surface area contributed by atoms with Crippen molar-refractivity contribution in [1.82, 2.24) is 0 Å². The summed E-state index contributed by atoms with van der Waals surface area (Å²) in [6.07, 6.45) is 5.52. The van der Waals surface area contributed by atoms with Crippen LogP contribution in [0.2, 0.25) is 0 Å². The second-order valence-corrected chi connectivity index (χ2v) is 7.62. The van der Waals surface area contributed by atoms with Gasteiger partial charge in [0.25, 0.3) is 0 Å². The van der Waals surface area contributed by atoms with E-state index < -0.39 is 42.0 Å². The van der Waals surface area contributed by atoms with Crippen LogP contribution in [-0.2, 0) is 14.4 Å². The van der Waals surface area contributed by atoms with Crippen LogP contribution in [-0.4, -0.2) is 39.8 Å². The van der Waals surface area contributed by atoms with Crippen LogP contribution in [0.25, 0.3) is 0 Å². The molecule has 0 bridgehead atoms. The lowest BCUT2D eigenvalue weighted by Crippen LogP contribution is -2.30. The Labute approximate surface area is 165 Å². The zero-order valence-electron chi connectivity index (χ0n) is 16.5. The molecular weight excluding hydrogens is 370 g/mol. The minimum atomic E-state index is -3.34. The Morgan fingerprint density at radius 1 is 1.18 bits per heavy atom. The number of allylic oxidation sites excluding steroid dienone is 2. The predicted octanol–water partition coefficient (Wildman–Crippen LogP) is 4.32. The van der Waals surface area contributed by atoms with E-state index in [9.17, 15) is 28.3 Å². The summed E-state index contributed by atoms with van der Waals surface area (Å²) in [4.78, 5) is 34.4. The average Bonchev–Trinajstić information content (AvgIpc) is 2.89. The number of carboxylic acids is 1. The molecule has 1 unspecified atom stereocenters. The molecule has 7 heteroatoms. The molecule has 160 valence electrons. The molecule has 1 fully saturated rings. The predicted molar refractivity (Wildman–Crippen MR) is 101 cm³/mol. The number of carbonyl (C=O) groups excluding carboxylic acids is 2. The second-order valence-electron chi connectivity index (χ2n) is 7.62. The van der Waals surface area contributed by atoms with Gasteiger partial charge in [-0.3, -0.25) is 14.4 Å². The largest absolute Gasteiger partial charge is 0.481 e. The molecule has 0 spiro atoms. The van der Waals surface area contributed by atoms with Crippen LogP contribution in [0, 0.1) is 11.8 Å². The maximum Gasteiger partial charge on any atom is 0.305 e. The maximum absolute atomic E-state index is 13.8. The van der Waals surface area contributed by atoms with Crippen LogP contribution in [0.1, 0.15) is 77.6 Å². The second kappa shape index (κ2) is 12.0. The number of aliphatic hydroxyl groups is 1. The van der Waals surface area contributed by atoms with Crippen LogP contribution < -0.4 is 0 Å². The molecule has 1 saturated carbocycles. The Morgan fingerprint density at radius 3 is 2.54 bits per heavy atom. The molecule has 0 saturated heterocycles. The van der Waals surface area contributed by atoms with E-state index in [1.807, 2.05) is 12.2 Å². The molecule has 0 radical (unpaired) electrons. The third-order valence-corrected chi connectivity index (χ3v) is 5.36. The van der Waals surface area contributed by atoms with E-state index in [-0.39, 0.29) is 37.9 Å². The number of carboxylic acid groups (broad SMARTS) is 1. The third kappa shape index (κ3) is 8.17. The molecule has 2 N–H and O–H groups in total. The number of Topliss-reactive ketones (excluding diaryl/α,β-unsaturated/α-hetero) is 2. The van der Waals surface area contributed by atoms with E-state index in [4.69, 9.17) is 5.11 Å². The zero-order valence-corrected chi connectivity index (χ0v) is 16.5. The Balaban J connectivity index is 2.49. The number of hydrogen-bond donors (Lipinski definition) is 2. The molecule has 5 nitrogen and oxygen atoms in total. The number of carbonyl (C=O) groups is 3. The van der Waals surface area contributed by atoms with Crippen LogP contribution in [0.3, 0.4) is 0 Å². The lowest BCUT2D eigenvalue weighted by Gasteiger charge is -2.21.